The first-order valence-electron chi connectivity index (χ1n) is 4.64. The first-order valence-corrected chi connectivity index (χ1v) is 4.64. The van der Waals surface area contributed by atoms with Crippen LogP contribution in [0.5, 0.6) is 0 Å². The Kier molecular flexibility index (Phi) is 4.07. The van der Waals surface area contributed by atoms with Gasteiger partial charge in [-0.1, -0.05) is 0 Å². The minimum Gasteiger partial charge on any atom is -0.475 e. The smallest absolute Gasteiger partial charge is 0.373 e. The van der Waals surface area contributed by atoms with Crippen LogP contribution in [0.15, 0.2) is 12.7 Å². The molecule has 0 aliphatic carbocycles. The molecule has 2 rings (SSSR count). The minimum absolute atomic E-state index is 0.0463. The number of hydrogen-bond donors (Lipinski definition) is 2. The predicted molar refractivity (Wildman–Crippen MR) is 57.5 cm³/mol. The van der Waals surface area contributed by atoms with E-state index >= 15 is 0 Å². The molecule has 96 valence electrons. The normalized spacial score (nSPS) is 9.44. The lowest BCUT2D eigenvalue weighted by atomic mass is 10.6. The Morgan fingerprint density at radius 1 is 1.11 bits per heavy atom. The zero-order chi connectivity index (χ0) is 13.7. The summed E-state index contributed by atoms with van der Waals surface area (Å²) in [6.45, 7) is 0. The molecule has 2 aromatic heterocycles. The van der Waals surface area contributed by atoms with Gasteiger partial charge in [-0.3, -0.25) is 4.79 Å². The average Bonchev–Trinajstić information content (AvgIpc) is 2.87. The Morgan fingerprint density at radius 2 is 1.56 bits per heavy atom. The van der Waals surface area contributed by atoms with Crippen molar-refractivity contribution in [3.8, 4) is 0 Å². The van der Waals surface area contributed by atoms with Crippen LogP contribution in [-0.4, -0.2) is 46.5 Å². The maximum absolute atomic E-state index is 10.4. The van der Waals surface area contributed by atoms with Crippen molar-refractivity contribution in [2.24, 2.45) is 19.8 Å². The fourth-order valence-electron chi connectivity index (χ4n) is 1.01. The van der Waals surface area contributed by atoms with E-state index in [0.717, 1.165) is 0 Å². The summed E-state index contributed by atoms with van der Waals surface area (Å²) in [6.07, 6.45) is 2.48. The van der Waals surface area contributed by atoms with Crippen LogP contribution in [0.3, 0.4) is 0 Å². The van der Waals surface area contributed by atoms with Crippen molar-refractivity contribution in [2.75, 3.05) is 0 Å². The molecule has 0 unspecified atom stereocenters. The summed E-state index contributed by atoms with van der Waals surface area (Å²) in [5.41, 5.74) is 4.90. The fourth-order valence-corrected chi connectivity index (χ4v) is 1.01. The first kappa shape index (κ1) is 13.3. The Bertz CT molecular complexity index is 508. The van der Waals surface area contributed by atoms with Gasteiger partial charge < -0.3 is 10.8 Å². The van der Waals surface area contributed by atoms with Crippen LogP contribution in [0.4, 0.5) is 0 Å². The van der Waals surface area contributed by atoms with Crippen LogP contribution >= 0.6 is 0 Å². The molecule has 2 heterocycles. The lowest BCUT2D eigenvalue weighted by molar-refractivity contribution is 0.0678. The molecule has 1 amide bonds. The molecule has 0 saturated heterocycles. The van der Waals surface area contributed by atoms with Crippen LogP contribution in [0.2, 0.25) is 0 Å². The zero-order valence-electron chi connectivity index (χ0n) is 9.68. The van der Waals surface area contributed by atoms with Crippen LogP contribution in [0, 0.1) is 0 Å². The van der Waals surface area contributed by atoms with Gasteiger partial charge in [0, 0.05) is 14.1 Å². The number of amides is 1. The molecule has 10 heteroatoms. The van der Waals surface area contributed by atoms with Crippen molar-refractivity contribution in [3.05, 3.63) is 24.3 Å². The van der Waals surface area contributed by atoms with Gasteiger partial charge in [-0.05, 0) is 0 Å². The fraction of sp³-hybridized carbons (Fsp3) is 0.250. The van der Waals surface area contributed by atoms with Gasteiger partial charge in [0.1, 0.15) is 12.7 Å². The van der Waals surface area contributed by atoms with Gasteiger partial charge in [0.2, 0.25) is 11.6 Å². The van der Waals surface area contributed by atoms with Gasteiger partial charge in [0.05, 0.1) is 0 Å². The van der Waals surface area contributed by atoms with Gasteiger partial charge >= 0.3 is 5.97 Å². The van der Waals surface area contributed by atoms with Crippen molar-refractivity contribution < 1.29 is 14.7 Å². The van der Waals surface area contributed by atoms with Crippen molar-refractivity contribution in [2.45, 2.75) is 0 Å². The number of nitrogens with two attached hydrogens (primary N) is 1. The molecule has 0 bridgehead atoms. The number of carbonyl (C=O) groups excluding carboxylic acids is 1. The summed E-state index contributed by atoms with van der Waals surface area (Å²) in [5.74, 6) is -1.49. The topological polar surface area (TPSA) is 142 Å². The molecule has 0 saturated carbocycles. The molecule has 0 radical (unpaired) electrons. The third kappa shape index (κ3) is 3.10. The van der Waals surface area contributed by atoms with Crippen LogP contribution < -0.4 is 5.73 Å². The highest BCUT2D eigenvalue weighted by Crippen LogP contribution is 1.87. The van der Waals surface area contributed by atoms with E-state index in [1.807, 2.05) is 0 Å². The van der Waals surface area contributed by atoms with Crippen LogP contribution in [0.25, 0.3) is 0 Å². The first-order chi connectivity index (χ1) is 8.43. The molecule has 3 N–H and O–H groups in total. The number of aromatic nitrogens is 6. The lowest BCUT2D eigenvalue weighted by Gasteiger charge is -1.89. The van der Waals surface area contributed by atoms with E-state index in [1.165, 1.54) is 29.1 Å². The largest absolute Gasteiger partial charge is 0.475 e. The maximum atomic E-state index is 10.4. The van der Waals surface area contributed by atoms with E-state index in [2.05, 4.69) is 20.2 Å². The summed E-state index contributed by atoms with van der Waals surface area (Å²) < 4.78 is 2.52. The number of aromatic carboxylic acids is 1. The molecule has 0 spiro atoms. The minimum atomic E-state index is -1.06. The quantitative estimate of drug-likeness (QED) is 0.658. The molecule has 0 fully saturated rings. The zero-order valence-corrected chi connectivity index (χ0v) is 9.68. The Balaban J connectivity index is 0.000000180. The molecular weight excluding hydrogens is 242 g/mol. The monoisotopic (exact) mass is 253 g/mol. The highest BCUT2D eigenvalue weighted by Gasteiger charge is 2.07. The number of nitrogens with zero attached hydrogens (tertiary/aromatic N) is 6. The number of carboxylic acids is 1. The number of carboxylic acid groups (broad SMARTS) is 1. The second-order valence-electron chi connectivity index (χ2n) is 3.08. The number of hydrogen-bond acceptors (Lipinski definition) is 6. The summed E-state index contributed by atoms with van der Waals surface area (Å²) in [7, 11) is 3.13. The standard InChI is InChI=1S/C4H6N4O.C4H5N3O2/c1-8-4(3(5)9)6-2-7-8;1-7-3(4(8)9)5-2-6-7/h2H,1H3,(H2,5,9);2H,1H3,(H,8,9). The third-order valence-electron chi connectivity index (χ3n) is 1.83. The van der Waals surface area contributed by atoms with Gasteiger partial charge in [-0.2, -0.15) is 10.2 Å². The van der Waals surface area contributed by atoms with Crippen molar-refractivity contribution in [1.82, 2.24) is 29.5 Å². The Labute approximate surface area is 101 Å². The van der Waals surface area contributed by atoms with Crippen molar-refractivity contribution in [1.29, 1.82) is 0 Å². The molecule has 18 heavy (non-hydrogen) atoms. The third-order valence-corrected chi connectivity index (χ3v) is 1.83. The van der Waals surface area contributed by atoms with E-state index in [0.29, 0.717) is 0 Å². The summed E-state index contributed by atoms with van der Waals surface area (Å²) in [6, 6.07) is 0. The number of carbonyl (C=O) groups is 2. The second kappa shape index (κ2) is 5.52. The number of primary amides is 1. The molecule has 0 aliphatic rings. The number of rotatable bonds is 2. The Morgan fingerprint density at radius 3 is 1.72 bits per heavy atom. The Hall–Kier alpha value is -2.78. The van der Waals surface area contributed by atoms with E-state index in [-0.39, 0.29) is 11.6 Å². The van der Waals surface area contributed by atoms with E-state index in [1.54, 1.807) is 7.05 Å². The highest BCUT2D eigenvalue weighted by molar-refractivity contribution is 5.88. The highest BCUT2D eigenvalue weighted by atomic mass is 16.4. The molecule has 0 aromatic carbocycles. The van der Waals surface area contributed by atoms with Crippen molar-refractivity contribution in [3.63, 3.8) is 0 Å². The molecule has 0 aliphatic heterocycles. The maximum Gasteiger partial charge on any atom is 0.373 e. The van der Waals surface area contributed by atoms with Gasteiger partial charge in [-0.25, -0.2) is 24.1 Å². The van der Waals surface area contributed by atoms with Crippen LogP contribution in [0.1, 0.15) is 21.2 Å². The summed E-state index contributed by atoms with van der Waals surface area (Å²) >= 11 is 0. The predicted octanol–water partition coefficient (Wildman–Crippen LogP) is -1.57. The van der Waals surface area contributed by atoms with Gasteiger partial charge in [0.25, 0.3) is 5.91 Å². The average molecular weight is 253 g/mol. The van der Waals surface area contributed by atoms with Gasteiger partial charge in [-0.15, -0.1) is 0 Å². The second-order valence-corrected chi connectivity index (χ2v) is 3.08. The summed E-state index contributed by atoms with van der Waals surface area (Å²) in [4.78, 5) is 27.6. The van der Waals surface area contributed by atoms with Crippen LogP contribution in [-0.2, 0) is 14.1 Å². The van der Waals surface area contributed by atoms with Gasteiger partial charge in [0.15, 0.2) is 0 Å². The molecule has 10 nitrogen and oxygen atoms in total. The number of aryl methyl sites for hydroxylation is 2. The molecule has 0 atom stereocenters. The van der Waals surface area contributed by atoms with E-state index < -0.39 is 11.9 Å². The van der Waals surface area contributed by atoms with E-state index in [9.17, 15) is 9.59 Å². The van der Waals surface area contributed by atoms with E-state index in [4.69, 9.17) is 10.8 Å². The lowest BCUT2D eigenvalue weighted by Crippen LogP contribution is -2.16. The summed E-state index contributed by atoms with van der Waals surface area (Å²) in [5, 5.41) is 15.5. The SMILES string of the molecule is Cn1ncnc1C(=O)O.Cn1ncnc1C(N)=O. The van der Waals surface area contributed by atoms with Crippen molar-refractivity contribution >= 4 is 11.9 Å². The molecule has 2 aromatic rings. The molecular formula is C8H11N7O3.